The van der Waals surface area contributed by atoms with Crippen molar-refractivity contribution >= 4 is 35.2 Å². The largest absolute Gasteiger partial charge is 0.349 e. The number of rotatable bonds is 6. The molecule has 2 aromatic rings. The number of amides is 3. The lowest BCUT2D eigenvalue weighted by Gasteiger charge is -2.23. The van der Waals surface area contributed by atoms with Crippen LogP contribution >= 0.6 is 0 Å². The van der Waals surface area contributed by atoms with Gasteiger partial charge in [0.1, 0.15) is 0 Å². The normalized spacial score (nSPS) is 16.9. The van der Waals surface area contributed by atoms with Crippen molar-refractivity contribution in [3.8, 4) is 0 Å². The molecule has 6 heteroatoms. The minimum atomic E-state index is -0.240. The molecule has 0 atom stereocenters. The Labute approximate surface area is 195 Å². The average molecular weight is 446 g/mol. The summed E-state index contributed by atoms with van der Waals surface area (Å²) in [6, 6.07) is 13.2. The van der Waals surface area contributed by atoms with Crippen LogP contribution in [0.5, 0.6) is 0 Å². The van der Waals surface area contributed by atoms with E-state index in [0.29, 0.717) is 17.7 Å². The van der Waals surface area contributed by atoms with Crippen molar-refractivity contribution in [3.05, 3.63) is 65.2 Å². The van der Waals surface area contributed by atoms with E-state index in [1.807, 2.05) is 37.3 Å². The monoisotopic (exact) mass is 445 g/mol. The van der Waals surface area contributed by atoms with Gasteiger partial charge in [-0.1, -0.05) is 31.4 Å². The van der Waals surface area contributed by atoms with E-state index in [9.17, 15) is 14.4 Å². The van der Waals surface area contributed by atoms with Gasteiger partial charge >= 0.3 is 0 Å². The maximum absolute atomic E-state index is 12.6. The Balaban J connectivity index is 1.32. The van der Waals surface area contributed by atoms with E-state index in [4.69, 9.17) is 0 Å². The van der Waals surface area contributed by atoms with E-state index in [1.165, 1.54) is 25.3 Å². The molecule has 3 amide bonds. The van der Waals surface area contributed by atoms with E-state index in [-0.39, 0.29) is 23.8 Å². The molecule has 1 saturated carbocycles. The van der Waals surface area contributed by atoms with Crippen LogP contribution in [0.25, 0.3) is 6.08 Å². The molecule has 0 spiro atoms. The summed E-state index contributed by atoms with van der Waals surface area (Å²) in [4.78, 5) is 38.6. The van der Waals surface area contributed by atoms with Crippen LogP contribution in [0.3, 0.4) is 0 Å². The molecule has 0 unspecified atom stereocenters. The molecule has 1 heterocycles. The topological polar surface area (TPSA) is 78.5 Å². The molecule has 1 aliphatic heterocycles. The van der Waals surface area contributed by atoms with Gasteiger partial charge in [-0.05, 0) is 73.7 Å². The third kappa shape index (κ3) is 5.89. The van der Waals surface area contributed by atoms with Crippen molar-refractivity contribution in [2.75, 3.05) is 16.8 Å². The van der Waals surface area contributed by atoms with Crippen LogP contribution in [0.2, 0.25) is 0 Å². The van der Waals surface area contributed by atoms with Crippen molar-refractivity contribution in [3.63, 3.8) is 0 Å². The predicted octanol–water partition coefficient (Wildman–Crippen LogP) is 4.84. The Morgan fingerprint density at radius 2 is 1.76 bits per heavy atom. The third-order valence-electron chi connectivity index (χ3n) is 6.39. The van der Waals surface area contributed by atoms with Crippen molar-refractivity contribution in [2.24, 2.45) is 0 Å². The van der Waals surface area contributed by atoms with Crippen molar-refractivity contribution in [1.29, 1.82) is 0 Å². The third-order valence-corrected chi connectivity index (χ3v) is 6.39. The van der Waals surface area contributed by atoms with Gasteiger partial charge in [0, 0.05) is 42.0 Å². The highest BCUT2D eigenvalue weighted by molar-refractivity contribution is 6.03. The molecule has 2 aliphatic rings. The number of carbonyl (C=O) groups is 3. The Bertz CT molecular complexity index is 1050. The molecule has 6 nitrogen and oxygen atoms in total. The Morgan fingerprint density at radius 1 is 1.00 bits per heavy atom. The minimum absolute atomic E-state index is 0.0538. The first-order valence-corrected chi connectivity index (χ1v) is 11.8. The van der Waals surface area contributed by atoms with E-state index in [1.54, 1.807) is 23.1 Å². The molecule has 33 heavy (non-hydrogen) atoms. The lowest BCUT2D eigenvalue weighted by molar-refractivity contribution is -0.117. The van der Waals surface area contributed by atoms with Gasteiger partial charge in [0.15, 0.2) is 0 Å². The van der Waals surface area contributed by atoms with Crippen LogP contribution in [-0.4, -0.2) is 30.3 Å². The van der Waals surface area contributed by atoms with Gasteiger partial charge in [-0.25, -0.2) is 0 Å². The first kappa shape index (κ1) is 22.8. The fraction of sp³-hybridized carbons (Fsp3) is 0.370. The van der Waals surface area contributed by atoms with Gasteiger partial charge in [-0.2, -0.15) is 0 Å². The second-order valence-electron chi connectivity index (χ2n) is 8.90. The zero-order chi connectivity index (χ0) is 23.2. The number of anilines is 2. The summed E-state index contributed by atoms with van der Waals surface area (Å²) in [5.74, 6) is -0.135. The molecule has 0 radical (unpaired) electrons. The maximum Gasteiger partial charge on any atom is 0.251 e. The number of nitrogens with zero attached hydrogens (tertiary/aromatic N) is 1. The lowest BCUT2D eigenvalue weighted by Crippen LogP contribution is -2.36. The molecule has 1 aliphatic carbocycles. The number of nitrogens with one attached hydrogen (secondary N) is 2. The first-order chi connectivity index (χ1) is 16.0. The summed E-state index contributed by atoms with van der Waals surface area (Å²) in [6.45, 7) is 2.64. The van der Waals surface area contributed by atoms with E-state index >= 15 is 0 Å². The fourth-order valence-corrected chi connectivity index (χ4v) is 4.49. The first-order valence-electron chi connectivity index (χ1n) is 11.8. The summed E-state index contributed by atoms with van der Waals surface area (Å²) in [5.41, 5.74) is 3.91. The molecule has 2 fully saturated rings. The molecule has 4 rings (SSSR count). The van der Waals surface area contributed by atoms with Crippen molar-refractivity contribution in [2.45, 2.75) is 57.9 Å². The summed E-state index contributed by atoms with van der Waals surface area (Å²) in [5, 5.41) is 6.01. The second-order valence-corrected chi connectivity index (χ2v) is 8.90. The number of hydrogen-bond acceptors (Lipinski definition) is 3. The SMILES string of the molecule is Cc1cc(C(=O)NC2CCCCC2)ccc1NC(=O)C=Cc1ccc(N2CCCC2=O)cc1. The highest BCUT2D eigenvalue weighted by Crippen LogP contribution is 2.22. The standard InChI is InChI=1S/C27H31N3O3/c1-19-18-21(27(33)28-22-6-3-2-4-7-22)12-15-24(19)29-25(31)16-11-20-9-13-23(14-10-20)30-17-5-8-26(30)32/h9-16,18,22H,2-8,17H2,1H3,(H,28,33)(H,29,31). The predicted molar refractivity (Wildman–Crippen MR) is 131 cm³/mol. The molecule has 2 aromatic carbocycles. The summed E-state index contributed by atoms with van der Waals surface area (Å²) >= 11 is 0. The summed E-state index contributed by atoms with van der Waals surface area (Å²) in [7, 11) is 0. The van der Waals surface area contributed by atoms with Crippen LogP contribution in [0.15, 0.2) is 48.5 Å². The van der Waals surface area contributed by atoms with Crippen LogP contribution in [0.4, 0.5) is 11.4 Å². The highest BCUT2D eigenvalue weighted by atomic mass is 16.2. The Kier molecular flexibility index (Phi) is 7.23. The van der Waals surface area contributed by atoms with E-state index < -0.39 is 0 Å². The number of hydrogen-bond donors (Lipinski definition) is 2. The van der Waals surface area contributed by atoms with Gasteiger partial charge in [0.25, 0.3) is 5.91 Å². The fourth-order valence-electron chi connectivity index (χ4n) is 4.49. The molecule has 172 valence electrons. The van der Waals surface area contributed by atoms with Gasteiger partial charge < -0.3 is 15.5 Å². The lowest BCUT2D eigenvalue weighted by atomic mass is 9.95. The minimum Gasteiger partial charge on any atom is -0.349 e. The van der Waals surface area contributed by atoms with Crippen LogP contribution in [-0.2, 0) is 9.59 Å². The zero-order valence-corrected chi connectivity index (χ0v) is 19.1. The van der Waals surface area contributed by atoms with Gasteiger partial charge in [0.2, 0.25) is 11.8 Å². The highest BCUT2D eigenvalue weighted by Gasteiger charge is 2.21. The number of carbonyl (C=O) groups excluding carboxylic acids is 3. The Hall–Kier alpha value is -3.41. The summed E-state index contributed by atoms with van der Waals surface area (Å²) < 4.78 is 0. The van der Waals surface area contributed by atoms with Gasteiger partial charge in [-0.3, -0.25) is 14.4 Å². The second kappa shape index (κ2) is 10.5. The molecule has 0 bridgehead atoms. The smallest absolute Gasteiger partial charge is 0.251 e. The molecule has 1 saturated heterocycles. The summed E-state index contributed by atoms with van der Waals surface area (Å²) in [6.07, 6.45) is 10.4. The quantitative estimate of drug-likeness (QED) is 0.625. The van der Waals surface area contributed by atoms with Gasteiger partial charge in [0.05, 0.1) is 0 Å². The van der Waals surface area contributed by atoms with Crippen molar-refractivity contribution < 1.29 is 14.4 Å². The van der Waals surface area contributed by atoms with Crippen LogP contribution in [0, 0.1) is 6.92 Å². The number of aryl methyl sites for hydroxylation is 1. The maximum atomic E-state index is 12.6. The van der Waals surface area contributed by atoms with Crippen LogP contribution in [0.1, 0.15) is 66.4 Å². The Morgan fingerprint density at radius 3 is 2.42 bits per heavy atom. The van der Waals surface area contributed by atoms with Crippen LogP contribution < -0.4 is 15.5 Å². The average Bonchev–Trinajstić information content (AvgIpc) is 3.26. The number of benzene rings is 2. The van der Waals surface area contributed by atoms with E-state index in [0.717, 1.165) is 42.6 Å². The van der Waals surface area contributed by atoms with Gasteiger partial charge in [-0.15, -0.1) is 0 Å². The zero-order valence-electron chi connectivity index (χ0n) is 19.1. The molecular weight excluding hydrogens is 414 g/mol. The van der Waals surface area contributed by atoms with E-state index in [2.05, 4.69) is 10.6 Å². The molecule has 2 N–H and O–H groups in total. The molecule has 0 aromatic heterocycles. The van der Waals surface area contributed by atoms with Crippen molar-refractivity contribution in [1.82, 2.24) is 5.32 Å². The molecular formula is C27H31N3O3.